The molecule has 0 amide bonds. The van der Waals surface area contributed by atoms with Gasteiger partial charge in [0.2, 0.25) is 9.84 Å². The summed E-state index contributed by atoms with van der Waals surface area (Å²) in [5.74, 6) is 0.726. The van der Waals surface area contributed by atoms with Crippen LogP contribution < -0.4 is 0 Å². The van der Waals surface area contributed by atoms with Crippen molar-refractivity contribution in [1.29, 1.82) is 0 Å². The lowest BCUT2D eigenvalue weighted by Crippen LogP contribution is -2.16. The third kappa shape index (κ3) is 3.72. The summed E-state index contributed by atoms with van der Waals surface area (Å²) in [5.41, 5.74) is 6.67. The molecule has 0 bridgehead atoms. The van der Waals surface area contributed by atoms with Crippen molar-refractivity contribution in [2.45, 2.75) is 9.79 Å². The minimum atomic E-state index is -3.80. The highest BCUT2D eigenvalue weighted by Gasteiger charge is 2.35. The molecular weight excluding hydrogens is 545 g/mol. The van der Waals surface area contributed by atoms with Gasteiger partial charge in [-0.3, -0.25) is 4.57 Å². The highest BCUT2D eigenvalue weighted by atomic mass is 32.2. The highest BCUT2D eigenvalue weighted by molar-refractivity contribution is 7.92. The largest absolute Gasteiger partial charge is 0.290 e. The van der Waals surface area contributed by atoms with E-state index in [9.17, 15) is 8.42 Å². The Bertz CT molecular complexity index is 2200. The molecule has 6 heteroatoms. The van der Waals surface area contributed by atoms with Crippen molar-refractivity contribution in [3.05, 3.63) is 133 Å². The molecule has 5 aromatic carbocycles. The van der Waals surface area contributed by atoms with Crippen LogP contribution in [0.4, 0.5) is 0 Å². The van der Waals surface area contributed by atoms with Crippen LogP contribution in [0, 0.1) is 0 Å². The monoisotopic (exact) mass is 566 g/mol. The number of imidazole rings is 1. The van der Waals surface area contributed by atoms with Gasteiger partial charge in [-0.15, -0.1) is 11.3 Å². The third-order valence-corrected chi connectivity index (χ3v) is 10.7. The Morgan fingerprint density at radius 3 is 1.88 bits per heavy atom. The molecule has 1 aliphatic heterocycles. The smallest absolute Gasteiger partial charge is 0.211 e. The van der Waals surface area contributed by atoms with Gasteiger partial charge < -0.3 is 0 Å². The minimum absolute atomic E-state index is 0.285. The number of thiophene rings is 1. The second kappa shape index (κ2) is 9.13. The Morgan fingerprint density at radius 2 is 1.17 bits per heavy atom. The molecule has 0 saturated carbocycles. The molecule has 0 unspecified atom stereocenters. The lowest BCUT2D eigenvalue weighted by atomic mass is 10.0. The van der Waals surface area contributed by atoms with Gasteiger partial charge in [-0.2, -0.15) is 0 Å². The molecule has 2 aromatic heterocycles. The van der Waals surface area contributed by atoms with Crippen molar-refractivity contribution in [1.82, 2.24) is 9.55 Å². The summed E-state index contributed by atoms with van der Waals surface area (Å²) in [5, 5.41) is 0. The Balaban J connectivity index is 1.28. The van der Waals surface area contributed by atoms with Crippen LogP contribution in [-0.4, -0.2) is 18.0 Å². The van der Waals surface area contributed by atoms with E-state index in [1.54, 1.807) is 23.5 Å². The fourth-order valence-electron chi connectivity index (χ4n) is 5.71. The number of rotatable bonds is 4. The predicted octanol–water partition coefficient (Wildman–Crippen LogP) is 8.90. The maximum atomic E-state index is 14.2. The van der Waals surface area contributed by atoms with Gasteiger partial charge in [-0.1, -0.05) is 103 Å². The first-order chi connectivity index (χ1) is 20.1. The zero-order valence-electron chi connectivity index (χ0n) is 21.7. The number of hydrogen-bond acceptors (Lipinski definition) is 4. The summed E-state index contributed by atoms with van der Waals surface area (Å²) < 4.78 is 30.4. The molecule has 0 atom stereocenters. The minimum Gasteiger partial charge on any atom is -0.290 e. The van der Waals surface area contributed by atoms with Gasteiger partial charge in [-0.25, -0.2) is 13.4 Å². The molecule has 0 radical (unpaired) electrons. The molecule has 0 spiro atoms. The summed E-state index contributed by atoms with van der Waals surface area (Å²) in [4.78, 5) is 7.87. The van der Waals surface area contributed by atoms with Crippen LogP contribution in [0.15, 0.2) is 143 Å². The lowest BCUT2D eigenvalue weighted by Gasteiger charge is -2.23. The second-order valence-corrected chi connectivity index (χ2v) is 13.0. The maximum Gasteiger partial charge on any atom is 0.211 e. The van der Waals surface area contributed by atoms with Crippen molar-refractivity contribution in [3.8, 4) is 49.1 Å². The molecule has 3 heterocycles. The van der Waals surface area contributed by atoms with E-state index in [0.29, 0.717) is 27.2 Å². The Labute approximate surface area is 241 Å². The van der Waals surface area contributed by atoms with Crippen LogP contribution in [0.5, 0.6) is 0 Å². The molecule has 196 valence electrons. The zero-order chi connectivity index (χ0) is 27.6. The highest BCUT2D eigenvalue weighted by Crippen LogP contribution is 2.45. The van der Waals surface area contributed by atoms with E-state index in [0.717, 1.165) is 22.5 Å². The fourth-order valence-corrected chi connectivity index (χ4v) is 8.57. The maximum absolute atomic E-state index is 14.2. The first-order valence-electron chi connectivity index (χ1n) is 13.3. The van der Waals surface area contributed by atoms with Crippen LogP contribution in [-0.2, 0) is 9.84 Å². The Kier molecular flexibility index (Phi) is 5.35. The number of benzene rings is 5. The van der Waals surface area contributed by atoms with Crippen LogP contribution in [0.2, 0.25) is 0 Å². The van der Waals surface area contributed by atoms with E-state index in [1.807, 2.05) is 89.5 Å². The van der Waals surface area contributed by atoms with Crippen LogP contribution >= 0.6 is 11.3 Å². The number of fused-ring (bicyclic) bond motifs is 2. The van der Waals surface area contributed by atoms with Crippen LogP contribution in [0.25, 0.3) is 60.1 Å². The first kappa shape index (κ1) is 24.1. The van der Waals surface area contributed by atoms with E-state index in [1.165, 1.54) is 15.3 Å². The van der Waals surface area contributed by atoms with E-state index in [4.69, 9.17) is 4.98 Å². The Morgan fingerprint density at radius 1 is 0.561 bits per heavy atom. The SMILES string of the molecule is O=S1(=O)c2c(-c3ccc(-c4ccc(-c5ccccc5)s4)cc3)cccc2-n2c(-c3ccccc3)nc3cccc1c32. The lowest BCUT2D eigenvalue weighted by molar-refractivity contribution is 0.595. The number of aromatic nitrogens is 2. The molecule has 4 nitrogen and oxygen atoms in total. The summed E-state index contributed by atoms with van der Waals surface area (Å²) in [6.07, 6.45) is 0. The van der Waals surface area contributed by atoms with Gasteiger partial charge >= 0.3 is 0 Å². The third-order valence-electron chi connectivity index (χ3n) is 7.61. The van der Waals surface area contributed by atoms with Gasteiger partial charge in [0.05, 0.1) is 21.6 Å². The van der Waals surface area contributed by atoms with E-state index >= 15 is 0 Å². The standard InChI is InChI=1S/C35H22N2O2S2/c38-41(39)32-16-8-14-28-33(32)37(35(36-28)26-11-5-2-6-12-26)29-15-7-13-27(34(29)41)23-17-19-25(20-18-23)31-22-21-30(40-31)24-9-3-1-4-10-24/h1-22H. The molecule has 0 saturated heterocycles. The number of para-hydroxylation sites is 1. The summed E-state index contributed by atoms with van der Waals surface area (Å²) in [6, 6.07) is 43.8. The molecule has 0 aliphatic carbocycles. The van der Waals surface area contributed by atoms with E-state index in [-0.39, 0.29) is 4.90 Å². The Hall–Kier alpha value is -4.78. The molecular formula is C35H22N2O2S2. The average Bonchev–Trinajstić information content (AvgIpc) is 3.67. The first-order valence-corrected chi connectivity index (χ1v) is 15.6. The van der Waals surface area contributed by atoms with Gasteiger partial charge in [0.1, 0.15) is 10.7 Å². The fraction of sp³-hybridized carbons (Fsp3) is 0. The topological polar surface area (TPSA) is 52.0 Å². The van der Waals surface area contributed by atoms with Crippen molar-refractivity contribution >= 4 is 32.2 Å². The van der Waals surface area contributed by atoms with E-state index < -0.39 is 9.84 Å². The van der Waals surface area contributed by atoms with Crippen molar-refractivity contribution in [2.75, 3.05) is 0 Å². The normalized spacial score (nSPS) is 13.3. The van der Waals surface area contributed by atoms with Gasteiger partial charge in [0, 0.05) is 20.9 Å². The molecule has 0 fully saturated rings. The summed E-state index contributed by atoms with van der Waals surface area (Å²) >= 11 is 1.75. The predicted molar refractivity (Wildman–Crippen MR) is 166 cm³/mol. The van der Waals surface area contributed by atoms with Crippen molar-refractivity contribution in [2.24, 2.45) is 0 Å². The van der Waals surface area contributed by atoms with Crippen molar-refractivity contribution < 1.29 is 8.42 Å². The molecule has 1 aliphatic rings. The summed E-state index contributed by atoms with van der Waals surface area (Å²) in [7, 11) is -3.80. The molecule has 0 N–H and O–H groups in total. The number of nitrogens with zero attached hydrogens (tertiary/aromatic N) is 2. The van der Waals surface area contributed by atoms with Gasteiger partial charge in [-0.05, 0) is 47.0 Å². The molecule has 41 heavy (non-hydrogen) atoms. The van der Waals surface area contributed by atoms with Crippen LogP contribution in [0.1, 0.15) is 0 Å². The average molecular weight is 567 g/mol. The number of sulfone groups is 1. The molecule has 7 aromatic rings. The number of hydrogen-bond donors (Lipinski definition) is 0. The van der Waals surface area contributed by atoms with Crippen molar-refractivity contribution in [3.63, 3.8) is 0 Å². The van der Waals surface area contributed by atoms with Gasteiger partial charge in [0.15, 0.2) is 0 Å². The molecule has 8 rings (SSSR count). The van der Waals surface area contributed by atoms with E-state index in [2.05, 4.69) is 36.4 Å². The quantitative estimate of drug-likeness (QED) is 0.214. The van der Waals surface area contributed by atoms with Gasteiger partial charge in [0.25, 0.3) is 0 Å². The second-order valence-electron chi connectivity index (χ2n) is 10.0. The zero-order valence-corrected chi connectivity index (χ0v) is 23.4. The summed E-state index contributed by atoms with van der Waals surface area (Å²) in [6.45, 7) is 0. The van der Waals surface area contributed by atoms with Crippen LogP contribution in [0.3, 0.4) is 0 Å².